The number of benzene rings is 1. The molecule has 0 saturated carbocycles. The number of nitrogens with zero attached hydrogens (tertiary/aromatic N) is 2. The molecule has 1 unspecified atom stereocenters. The Bertz CT molecular complexity index is 608. The molecule has 0 radical (unpaired) electrons. The molecule has 1 atom stereocenters. The highest BCUT2D eigenvalue weighted by molar-refractivity contribution is 5.85. The van der Waals surface area contributed by atoms with Crippen molar-refractivity contribution < 1.29 is 9.21 Å². The molecule has 20 heavy (non-hydrogen) atoms. The fraction of sp³-hybridized carbons (Fsp3) is 0.429. The third-order valence-electron chi connectivity index (χ3n) is 3.18. The van der Waals surface area contributed by atoms with Gasteiger partial charge in [0, 0.05) is 19.5 Å². The molecule has 0 aliphatic heterocycles. The Morgan fingerprint density at radius 2 is 2.30 bits per heavy atom. The van der Waals surface area contributed by atoms with Gasteiger partial charge in [0.2, 0.25) is 11.8 Å². The lowest BCUT2D eigenvalue weighted by molar-refractivity contribution is -0.124. The van der Waals surface area contributed by atoms with Crippen LogP contribution in [-0.2, 0) is 11.3 Å². The predicted molar refractivity (Wildman–Crippen MR) is 78.0 cm³/mol. The summed E-state index contributed by atoms with van der Waals surface area (Å²) in [6.45, 7) is 3.06. The van der Waals surface area contributed by atoms with Crippen LogP contribution < -0.4 is 11.1 Å². The van der Waals surface area contributed by atoms with Gasteiger partial charge >= 0.3 is 0 Å². The van der Waals surface area contributed by atoms with Gasteiger partial charge in [-0.05, 0) is 19.2 Å². The lowest BCUT2D eigenvalue weighted by Gasteiger charge is -2.18. The minimum absolute atomic E-state index is 0.0265. The number of oxazole rings is 1. The summed E-state index contributed by atoms with van der Waals surface area (Å²) in [4.78, 5) is 17.9. The van der Waals surface area contributed by atoms with Crippen molar-refractivity contribution in [1.82, 2.24) is 15.2 Å². The average Bonchev–Trinajstić information content (AvgIpc) is 2.81. The third-order valence-corrected chi connectivity index (χ3v) is 3.18. The molecule has 1 aromatic carbocycles. The van der Waals surface area contributed by atoms with E-state index in [1.807, 2.05) is 31.0 Å². The van der Waals surface area contributed by atoms with E-state index in [2.05, 4.69) is 10.3 Å². The summed E-state index contributed by atoms with van der Waals surface area (Å²) >= 11 is 0. The zero-order valence-electron chi connectivity index (χ0n) is 12.0. The van der Waals surface area contributed by atoms with E-state index in [1.54, 1.807) is 13.1 Å². The van der Waals surface area contributed by atoms with Crippen LogP contribution in [0.4, 0.5) is 5.69 Å². The molecule has 0 saturated heterocycles. The van der Waals surface area contributed by atoms with Crippen LogP contribution in [0.25, 0.3) is 11.1 Å². The van der Waals surface area contributed by atoms with Crippen LogP contribution in [0.15, 0.2) is 22.6 Å². The first kappa shape index (κ1) is 14.3. The minimum Gasteiger partial charge on any atom is -0.439 e. The second-order valence-corrected chi connectivity index (χ2v) is 5.01. The number of carbonyl (C=O) groups is 1. The molecule has 2 aromatic rings. The number of nitrogens with one attached hydrogen (secondary N) is 1. The Hall–Kier alpha value is -2.08. The first-order valence-corrected chi connectivity index (χ1v) is 6.55. The number of rotatable bonds is 5. The largest absolute Gasteiger partial charge is 0.439 e. The number of para-hydroxylation sites is 1. The highest BCUT2D eigenvalue weighted by Crippen LogP contribution is 2.21. The minimum atomic E-state index is -0.0838. The van der Waals surface area contributed by atoms with Crippen molar-refractivity contribution in [3.63, 3.8) is 0 Å². The molecule has 0 spiro atoms. The Kier molecular flexibility index (Phi) is 4.24. The van der Waals surface area contributed by atoms with Gasteiger partial charge in [-0.1, -0.05) is 13.0 Å². The van der Waals surface area contributed by atoms with Gasteiger partial charge < -0.3 is 15.5 Å². The molecular formula is C14H20N4O2. The van der Waals surface area contributed by atoms with Gasteiger partial charge in [-0.3, -0.25) is 9.69 Å². The van der Waals surface area contributed by atoms with E-state index < -0.39 is 0 Å². The van der Waals surface area contributed by atoms with Gasteiger partial charge in [0.05, 0.1) is 12.2 Å². The zero-order chi connectivity index (χ0) is 14.7. The normalized spacial score (nSPS) is 12.8. The number of aromatic nitrogens is 1. The van der Waals surface area contributed by atoms with E-state index in [1.165, 1.54) is 0 Å². The average molecular weight is 276 g/mol. The summed E-state index contributed by atoms with van der Waals surface area (Å²) < 4.78 is 5.65. The van der Waals surface area contributed by atoms with Crippen LogP contribution in [0.5, 0.6) is 0 Å². The smallest absolute Gasteiger partial charge is 0.223 e. The summed E-state index contributed by atoms with van der Waals surface area (Å²) in [5.41, 5.74) is 7.84. The molecular weight excluding hydrogens is 256 g/mol. The number of amides is 1. The van der Waals surface area contributed by atoms with Gasteiger partial charge in [0.25, 0.3) is 0 Å². The van der Waals surface area contributed by atoms with Gasteiger partial charge in [-0.25, -0.2) is 4.98 Å². The Balaban J connectivity index is 2.04. The summed E-state index contributed by atoms with van der Waals surface area (Å²) in [7, 11) is 3.57. The van der Waals surface area contributed by atoms with Crippen molar-refractivity contribution >= 4 is 22.7 Å². The molecule has 0 fully saturated rings. The van der Waals surface area contributed by atoms with Gasteiger partial charge in [0.15, 0.2) is 5.58 Å². The lowest BCUT2D eigenvalue weighted by Crippen LogP contribution is -2.34. The predicted octanol–water partition coefficient (Wildman–Crippen LogP) is 1.22. The van der Waals surface area contributed by atoms with E-state index >= 15 is 0 Å². The molecule has 1 aromatic heterocycles. The van der Waals surface area contributed by atoms with Crippen LogP contribution in [0.3, 0.4) is 0 Å². The lowest BCUT2D eigenvalue weighted by atomic mass is 10.1. The second kappa shape index (κ2) is 5.92. The fourth-order valence-electron chi connectivity index (χ4n) is 2.18. The molecule has 6 heteroatoms. The molecule has 108 valence electrons. The van der Waals surface area contributed by atoms with Crippen molar-refractivity contribution in [2.75, 3.05) is 26.4 Å². The topological polar surface area (TPSA) is 84.4 Å². The number of anilines is 1. The van der Waals surface area contributed by atoms with Gasteiger partial charge in [-0.15, -0.1) is 0 Å². The number of carbonyl (C=O) groups excluding carboxylic acids is 1. The second-order valence-electron chi connectivity index (χ2n) is 5.01. The van der Waals surface area contributed by atoms with Crippen LogP contribution in [0, 0.1) is 5.92 Å². The molecule has 1 amide bonds. The Labute approximate surface area is 117 Å². The van der Waals surface area contributed by atoms with Gasteiger partial charge in [-0.2, -0.15) is 0 Å². The van der Waals surface area contributed by atoms with E-state index in [-0.39, 0.29) is 11.8 Å². The van der Waals surface area contributed by atoms with Crippen LogP contribution in [0.2, 0.25) is 0 Å². The summed E-state index contributed by atoms with van der Waals surface area (Å²) in [5, 5.41) is 2.64. The third kappa shape index (κ3) is 3.08. The van der Waals surface area contributed by atoms with Crippen molar-refractivity contribution in [1.29, 1.82) is 0 Å². The fourth-order valence-corrected chi connectivity index (χ4v) is 2.18. The quantitative estimate of drug-likeness (QED) is 0.802. The molecule has 6 nitrogen and oxygen atoms in total. The van der Waals surface area contributed by atoms with E-state index in [0.717, 1.165) is 0 Å². The number of nitrogen functional groups attached to an aromatic ring is 1. The molecule has 2 rings (SSSR count). The Morgan fingerprint density at radius 1 is 1.55 bits per heavy atom. The van der Waals surface area contributed by atoms with Crippen molar-refractivity contribution in [3.05, 3.63) is 24.1 Å². The van der Waals surface area contributed by atoms with Crippen molar-refractivity contribution in [2.24, 2.45) is 5.92 Å². The summed E-state index contributed by atoms with van der Waals surface area (Å²) in [5.74, 6) is 0.544. The molecule has 0 aliphatic carbocycles. The standard InChI is InChI=1S/C14H20N4O2/c1-9(14(19)16-2)7-18(3)8-12-17-13-10(15)5-4-6-11(13)20-12/h4-6,9H,7-8,15H2,1-3H3,(H,16,19). The highest BCUT2D eigenvalue weighted by atomic mass is 16.3. The SMILES string of the molecule is CNC(=O)C(C)CN(C)Cc1nc2c(N)cccc2o1. The zero-order valence-corrected chi connectivity index (χ0v) is 12.0. The van der Waals surface area contributed by atoms with Crippen LogP contribution >= 0.6 is 0 Å². The first-order chi connectivity index (χ1) is 9.51. The Morgan fingerprint density at radius 3 is 2.95 bits per heavy atom. The summed E-state index contributed by atoms with van der Waals surface area (Å²) in [6.07, 6.45) is 0. The highest BCUT2D eigenvalue weighted by Gasteiger charge is 2.16. The maximum Gasteiger partial charge on any atom is 0.223 e. The maximum absolute atomic E-state index is 11.5. The van der Waals surface area contributed by atoms with Crippen molar-refractivity contribution in [3.8, 4) is 0 Å². The number of hydrogen-bond acceptors (Lipinski definition) is 5. The first-order valence-electron chi connectivity index (χ1n) is 6.55. The van der Waals surface area contributed by atoms with Gasteiger partial charge in [0.1, 0.15) is 5.52 Å². The maximum atomic E-state index is 11.5. The summed E-state index contributed by atoms with van der Waals surface area (Å²) in [6, 6.07) is 5.48. The van der Waals surface area contributed by atoms with E-state index in [9.17, 15) is 4.79 Å². The molecule has 0 bridgehead atoms. The number of nitrogens with two attached hydrogens (primary N) is 1. The molecule has 3 N–H and O–H groups in total. The number of hydrogen-bond donors (Lipinski definition) is 2. The monoisotopic (exact) mass is 276 g/mol. The molecule has 1 heterocycles. The van der Waals surface area contributed by atoms with E-state index in [0.29, 0.717) is 35.8 Å². The van der Waals surface area contributed by atoms with Crippen LogP contribution in [0.1, 0.15) is 12.8 Å². The number of fused-ring (bicyclic) bond motifs is 1. The molecule has 0 aliphatic rings. The van der Waals surface area contributed by atoms with E-state index in [4.69, 9.17) is 10.2 Å². The van der Waals surface area contributed by atoms with Crippen molar-refractivity contribution in [2.45, 2.75) is 13.5 Å². The van der Waals surface area contributed by atoms with Crippen LogP contribution in [-0.4, -0.2) is 36.4 Å².